The van der Waals surface area contributed by atoms with Gasteiger partial charge in [0, 0.05) is 25.7 Å². The lowest BCUT2D eigenvalue weighted by Gasteiger charge is -2.13. The van der Waals surface area contributed by atoms with Crippen LogP contribution in [0.15, 0.2) is 23.2 Å². The van der Waals surface area contributed by atoms with Gasteiger partial charge in [-0.3, -0.25) is 4.99 Å². The van der Waals surface area contributed by atoms with Gasteiger partial charge in [-0.05, 0) is 25.0 Å². The SMILES string of the molecule is CCCNC(=NC)NCc1ccc(C)cc1OC. The Hall–Kier alpha value is -1.71. The first kappa shape index (κ1) is 14.4. The largest absolute Gasteiger partial charge is 0.496 e. The van der Waals surface area contributed by atoms with Gasteiger partial charge >= 0.3 is 0 Å². The van der Waals surface area contributed by atoms with E-state index in [2.05, 4.69) is 41.6 Å². The van der Waals surface area contributed by atoms with Crippen LogP contribution in [0.4, 0.5) is 0 Å². The number of nitrogens with one attached hydrogen (secondary N) is 2. The minimum absolute atomic E-state index is 0.701. The molecule has 0 saturated heterocycles. The number of rotatable bonds is 5. The van der Waals surface area contributed by atoms with Crippen molar-refractivity contribution in [1.29, 1.82) is 0 Å². The molecule has 0 atom stereocenters. The third-order valence-corrected chi connectivity index (χ3v) is 2.65. The summed E-state index contributed by atoms with van der Waals surface area (Å²) < 4.78 is 5.37. The molecule has 1 aromatic rings. The Balaban J connectivity index is 2.62. The lowest BCUT2D eigenvalue weighted by molar-refractivity contribution is 0.408. The van der Waals surface area contributed by atoms with E-state index in [-0.39, 0.29) is 0 Å². The molecule has 0 radical (unpaired) electrons. The molecule has 0 aliphatic heterocycles. The Morgan fingerprint density at radius 2 is 2.11 bits per heavy atom. The molecular weight excluding hydrogens is 226 g/mol. The predicted molar refractivity (Wildman–Crippen MR) is 76.2 cm³/mol. The van der Waals surface area contributed by atoms with Crippen LogP contribution in [0.2, 0.25) is 0 Å². The van der Waals surface area contributed by atoms with Gasteiger partial charge in [-0.25, -0.2) is 0 Å². The van der Waals surface area contributed by atoms with E-state index in [1.807, 2.05) is 6.07 Å². The maximum absolute atomic E-state index is 5.37. The maximum Gasteiger partial charge on any atom is 0.191 e. The molecule has 4 heteroatoms. The highest BCUT2D eigenvalue weighted by atomic mass is 16.5. The van der Waals surface area contributed by atoms with Crippen LogP contribution in [0.1, 0.15) is 24.5 Å². The monoisotopic (exact) mass is 249 g/mol. The smallest absolute Gasteiger partial charge is 0.191 e. The third-order valence-electron chi connectivity index (χ3n) is 2.65. The summed E-state index contributed by atoms with van der Waals surface area (Å²) in [5.41, 5.74) is 2.33. The zero-order chi connectivity index (χ0) is 13.4. The van der Waals surface area contributed by atoms with Crippen LogP contribution in [0.25, 0.3) is 0 Å². The molecule has 0 aromatic heterocycles. The van der Waals surface area contributed by atoms with Crippen LogP contribution < -0.4 is 15.4 Å². The minimum Gasteiger partial charge on any atom is -0.496 e. The number of guanidine groups is 1. The Labute approximate surface area is 109 Å². The molecule has 0 amide bonds. The Morgan fingerprint density at radius 1 is 1.33 bits per heavy atom. The van der Waals surface area contributed by atoms with E-state index >= 15 is 0 Å². The van der Waals surface area contributed by atoms with E-state index in [0.717, 1.165) is 30.2 Å². The molecule has 1 aromatic carbocycles. The fraction of sp³-hybridized carbons (Fsp3) is 0.500. The quantitative estimate of drug-likeness (QED) is 0.620. The number of benzene rings is 1. The van der Waals surface area contributed by atoms with E-state index < -0.39 is 0 Å². The average molecular weight is 249 g/mol. The van der Waals surface area contributed by atoms with E-state index in [0.29, 0.717) is 6.54 Å². The normalized spacial score (nSPS) is 11.2. The van der Waals surface area contributed by atoms with Gasteiger partial charge < -0.3 is 15.4 Å². The van der Waals surface area contributed by atoms with Gasteiger partial charge in [0.25, 0.3) is 0 Å². The van der Waals surface area contributed by atoms with Crippen molar-refractivity contribution in [3.05, 3.63) is 29.3 Å². The van der Waals surface area contributed by atoms with Gasteiger partial charge in [0.1, 0.15) is 5.75 Å². The van der Waals surface area contributed by atoms with Crippen molar-refractivity contribution in [2.75, 3.05) is 20.7 Å². The zero-order valence-corrected chi connectivity index (χ0v) is 11.7. The molecule has 0 aliphatic rings. The molecule has 0 heterocycles. The molecule has 0 bridgehead atoms. The van der Waals surface area contributed by atoms with Crippen molar-refractivity contribution < 1.29 is 4.74 Å². The first-order chi connectivity index (χ1) is 8.71. The molecule has 0 unspecified atom stereocenters. The topological polar surface area (TPSA) is 45.7 Å². The van der Waals surface area contributed by atoms with Gasteiger partial charge in [0.05, 0.1) is 7.11 Å². The molecule has 1 rings (SSSR count). The van der Waals surface area contributed by atoms with Gasteiger partial charge in [-0.1, -0.05) is 19.1 Å². The molecule has 0 saturated carbocycles. The molecule has 4 nitrogen and oxygen atoms in total. The second-order valence-corrected chi connectivity index (χ2v) is 4.17. The fourth-order valence-electron chi connectivity index (χ4n) is 1.64. The van der Waals surface area contributed by atoms with Crippen molar-refractivity contribution >= 4 is 5.96 Å². The molecule has 0 spiro atoms. The molecule has 2 N–H and O–H groups in total. The lowest BCUT2D eigenvalue weighted by atomic mass is 10.1. The zero-order valence-electron chi connectivity index (χ0n) is 11.7. The first-order valence-corrected chi connectivity index (χ1v) is 6.29. The summed E-state index contributed by atoms with van der Waals surface area (Å²) in [7, 11) is 3.47. The summed E-state index contributed by atoms with van der Waals surface area (Å²) in [6, 6.07) is 6.20. The van der Waals surface area contributed by atoms with Crippen LogP contribution in [0.3, 0.4) is 0 Å². The average Bonchev–Trinajstić information content (AvgIpc) is 2.40. The number of methoxy groups -OCH3 is 1. The van der Waals surface area contributed by atoms with Crippen LogP contribution in [0.5, 0.6) is 5.75 Å². The Bertz CT molecular complexity index is 402. The van der Waals surface area contributed by atoms with E-state index in [1.165, 1.54) is 5.56 Å². The number of nitrogens with zero attached hydrogens (tertiary/aromatic N) is 1. The number of aryl methyl sites for hydroxylation is 1. The van der Waals surface area contributed by atoms with Crippen molar-refractivity contribution in [3.8, 4) is 5.75 Å². The van der Waals surface area contributed by atoms with Crippen molar-refractivity contribution in [2.24, 2.45) is 4.99 Å². The molecule has 0 aliphatic carbocycles. The minimum atomic E-state index is 0.701. The highest BCUT2D eigenvalue weighted by Gasteiger charge is 2.04. The van der Waals surface area contributed by atoms with Crippen molar-refractivity contribution in [3.63, 3.8) is 0 Å². The second kappa shape index (κ2) is 7.58. The number of aliphatic imine (C=N–C) groups is 1. The van der Waals surface area contributed by atoms with Gasteiger partial charge in [0.2, 0.25) is 0 Å². The molecule has 0 fully saturated rings. The molecule has 100 valence electrons. The lowest BCUT2D eigenvalue weighted by Crippen LogP contribution is -2.37. The summed E-state index contributed by atoms with van der Waals surface area (Å²) >= 11 is 0. The van der Waals surface area contributed by atoms with Crippen LogP contribution in [-0.4, -0.2) is 26.7 Å². The van der Waals surface area contributed by atoms with Crippen LogP contribution in [0, 0.1) is 6.92 Å². The first-order valence-electron chi connectivity index (χ1n) is 6.29. The van der Waals surface area contributed by atoms with E-state index in [1.54, 1.807) is 14.2 Å². The highest BCUT2D eigenvalue weighted by Crippen LogP contribution is 2.19. The second-order valence-electron chi connectivity index (χ2n) is 4.17. The summed E-state index contributed by atoms with van der Waals surface area (Å²) in [4.78, 5) is 4.17. The van der Waals surface area contributed by atoms with Crippen LogP contribution in [-0.2, 0) is 6.54 Å². The third kappa shape index (κ3) is 4.28. The number of ether oxygens (including phenoxy) is 1. The summed E-state index contributed by atoms with van der Waals surface area (Å²) in [6.07, 6.45) is 1.08. The number of hydrogen-bond donors (Lipinski definition) is 2. The van der Waals surface area contributed by atoms with Crippen LogP contribution >= 0.6 is 0 Å². The number of hydrogen-bond acceptors (Lipinski definition) is 2. The standard InChI is InChI=1S/C14H23N3O/c1-5-8-16-14(15-3)17-10-12-7-6-11(2)9-13(12)18-4/h6-7,9H,5,8,10H2,1-4H3,(H2,15,16,17). The summed E-state index contributed by atoms with van der Waals surface area (Å²) in [5.74, 6) is 1.73. The summed E-state index contributed by atoms with van der Waals surface area (Å²) in [6.45, 7) is 5.81. The van der Waals surface area contributed by atoms with Gasteiger partial charge in [-0.2, -0.15) is 0 Å². The Morgan fingerprint density at radius 3 is 2.72 bits per heavy atom. The molecule has 18 heavy (non-hydrogen) atoms. The van der Waals surface area contributed by atoms with Crippen molar-refractivity contribution in [2.45, 2.75) is 26.8 Å². The predicted octanol–water partition coefficient (Wildman–Crippen LogP) is 2.08. The Kier molecular flexibility index (Phi) is 6.05. The van der Waals surface area contributed by atoms with Gasteiger partial charge in [-0.15, -0.1) is 0 Å². The van der Waals surface area contributed by atoms with E-state index in [4.69, 9.17) is 4.74 Å². The fourth-order valence-corrected chi connectivity index (χ4v) is 1.64. The maximum atomic E-state index is 5.37. The molecular formula is C14H23N3O. The summed E-state index contributed by atoms with van der Waals surface area (Å²) in [5, 5.41) is 6.51. The van der Waals surface area contributed by atoms with Gasteiger partial charge in [0.15, 0.2) is 5.96 Å². The van der Waals surface area contributed by atoms with Crippen molar-refractivity contribution in [1.82, 2.24) is 10.6 Å². The highest BCUT2D eigenvalue weighted by molar-refractivity contribution is 5.79. The van der Waals surface area contributed by atoms with E-state index in [9.17, 15) is 0 Å².